The standard InChI is InChI=1S/C16H22O3/c1-11(2)8-14(16(18)19)10-15(17)9-13-6-4-12(3)5-7-13/h4-7,11,14H,8-10H2,1-3H3,(H,18,19)/t14-/m1/s1. The van der Waals surface area contributed by atoms with Gasteiger partial charge in [-0.05, 0) is 24.8 Å². The highest BCUT2D eigenvalue weighted by atomic mass is 16.4. The SMILES string of the molecule is Cc1ccc(CC(=O)C[C@@H](CC(C)C)C(=O)O)cc1. The molecule has 0 aliphatic carbocycles. The van der Waals surface area contributed by atoms with Gasteiger partial charge in [-0.25, -0.2) is 0 Å². The molecule has 3 heteroatoms. The van der Waals surface area contributed by atoms with E-state index in [9.17, 15) is 9.59 Å². The summed E-state index contributed by atoms with van der Waals surface area (Å²) in [6.07, 6.45) is 0.999. The molecule has 0 amide bonds. The van der Waals surface area contributed by atoms with Crippen molar-refractivity contribution >= 4 is 11.8 Å². The predicted octanol–water partition coefficient (Wildman–Crippen LogP) is 3.24. The summed E-state index contributed by atoms with van der Waals surface area (Å²) < 4.78 is 0. The normalized spacial score (nSPS) is 12.4. The summed E-state index contributed by atoms with van der Waals surface area (Å²) in [6.45, 7) is 5.94. The quantitative estimate of drug-likeness (QED) is 0.820. The third kappa shape index (κ3) is 5.69. The molecule has 0 aliphatic heterocycles. The molecule has 1 aromatic rings. The first kappa shape index (κ1) is 15.4. The number of benzene rings is 1. The molecule has 0 unspecified atom stereocenters. The van der Waals surface area contributed by atoms with E-state index in [-0.39, 0.29) is 18.1 Å². The average molecular weight is 262 g/mol. The molecule has 19 heavy (non-hydrogen) atoms. The minimum atomic E-state index is -0.869. The summed E-state index contributed by atoms with van der Waals surface area (Å²) >= 11 is 0. The van der Waals surface area contributed by atoms with Crippen molar-refractivity contribution in [3.05, 3.63) is 35.4 Å². The fraction of sp³-hybridized carbons (Fsp3) is 0.500. The number of rotatable bonds is 7. The maximum atomic E-state index is 11.9. The highest BCUT2D eigenvalue weighted by Crippen LogP contribution is 2.17. The van der Waals surface area contributed by atoms with Crippen molar-refractivity contribution in [1.82, 2.24) is 0 Å². The van der Waals surface area contributed by atoms with E-state index in [2.05, 4.69) is 0 Å². The van der Waals surface area contributed by atoms with Crippen LogP contribution in [0.4, 0.5) is 0 Å². The number of hydrogen-bond donors (Lipinski definition) is 1. The number of aliphatic carboxylic acids is 1. The molecule has 0 bridgehead atoms. The van der Waals surface area contributed by atoms with Crippen LogP contribution in [0, 0.1) is 18.8 Å². The number of hydrogen-bond acceptors (Lipinski definition) is 2. The first-order valence-corrected chi connectivity index (χ1v) is 6.68. The van der Waals surface area contributed by atoms with Crippen LogP contribution in [0.15, 0.2) is 24.3 Å². The van der Waals surface area contributed by atoms with E-state index in [4.69, 9.17) is 5.11 Å². The summed E-state index contributed by atoms with van der Waals surface area (Å²) in [7, 11) is 0. The van der Waals surface area contributed by atoms with Crippen LogP contribution in [0.2, 0.25) is 0 Å². The molecular formula is C16H22O3. The lowest BCUT2D eigenvalue weighted by atomic mass is 9.91. The largest absolute Gasteiger partial charge is 0.481 e. The Bertz CT molecular complexity index is 432. The second-order valence-corrected chi connectivity index (χ2v) is 5.57. The van der Waals surface area contributed by atoms with Crippen molar-refractivity contribution in [2.24, 2.45) is 11.8 Å². The monoisotopic (exact) mass is 262 g/mol. The molecule has 1 atom stereocenters. The second-order valence-electron chi connectivity index (χ2n) is 5.57. The van der Waals surface area contributed by atoms with Crippen LogP contribution in [0.25, 0.3) is 0 Å². The predicted molar refractivity (Wildman–Crippen MR) is 75.1 cm³/mol. The molecule has 0 heterocycles. The van der Waals surface area contributed by atoms with Crippen LogP contribution in [-0.4, -0.2) is 16.9 Å². The molecule has 0 aromatic heterocycles. The zero-order valence-corrected chi connectivity index (χ0v) is 11.8. The van der Waals surface area contributed by atoms with E-state index in [1.807, 2.05) is 45.0 Å². The number of aryl methyl sites for hydroxylation is 1. The van der Waals surface area contributed by atoms with E-state index in [1.165, 1.54) is 0 Å². The van der Waals surface area contributed by atoms with E-state index in [1.54, 1.807) is 0 Å². The maximum absolute atomic E-state index is 11.9. The topological polar surface area (TPSA) is 54.4 Å². The van der Waals surface area contributed by atoms with Gasteiger partial charge in [0.25, 0.3) is 0 Å². The minimum Gasteiger partial charge on any atom is -0.481 e. The summed E-state index contributed by atoms with van der Waals surface area (Å²) in [4.78, 5) is 23.0. The molecule has 1 aromatic carbocycles. The lowest BCUT2D eigenvalue weighted by Gasteiger charge is -2.13. The molecule has 1 rings (SSSR count). The van der Waals surface area contributed by atoms with Gasteiger partial charge in [-0.3, -0.25) is 9.59 Å². The van der Waals surface area contributed by atoms with Gasteiger partial charge in [0.1, 0.15) is 5.78 Å². The van der Waals surface area contributed by atoms with Crippen LogP contribution < -0.4 is 0 Å². The number of carbonyl (C=O) groups is 2. The molecule has 1 N–H and O–H groups in total. The Hall–Kier alpha value is -1.64. The van der Waals surface area contributed by atoms with Gasteiger partial charge in [-0.15, -0.1) is 0 Å². The highest BCUT2D eigenvalue weighted by molar-refractivity contribution is 5.85. The molecular weight excluding hydrogens is 240 g/mol. The molecule has 0 aliphatic rings. The zero-order valence-electron chi connectivity index (χ0n) is 11.8. The van der Waals surface area contributed by atoms with Crippen molar-refractivity contribution in [2.45, 2.75) is 40.0 Å². The van der Waals surface area contributed by atoms with Crippen molar-refractivity contribution in [3.8, 4) is 0 Å². The van der Waals surface area contributed by atoms with Gasteiger partial charge in [0.15, 0.2) is 0 Å². The Balaban J connectivity index is 2.57. The number of carbonyl (C=O) groups excluding carboxylic acids is 1. The van der Waals surface area contributed by atoms with Crippen molar-refractivity contribution < 1.29 is 14.7 Å². The first-order valence-electron chi connectivity index (χ1n) is 6.68. The third-order valence-corrected chi connectivity index (χ3v) is 3.10. The summed E-state index contributed by atoms with van der Waals surface area (Å²) in [5.74, 6) is -1.14. The Labute approximate surface area is 114 Å². The average Bonchev–Trinajstić information content (AvgIpc) is 2.30. The number of carboxylic acids is 1. The minimum absolute atomic E-state index is 0.00287. The van der Waals surface area contributed by atoms with Crippen molar-refractivity contribution in [1.29, 1.82) is 0 Å². The van der Waals surface area contributed by atoms with Gasteiger partial charge in [0.05, 0.1) is 5.92 Å². The molecule has 0 saturated heterocycles. The zero-order chi connectivity index (χ0) is 14.4. The van der Waals surface area contributed by atoms with Gasteiger partial charge in [0, 0.05) is 12.8 Å². The maximum Gasteiger partial charge on any atom is 0.306 e. The summed E-state index contributed by atoms with van der Waals surface area (Å²) in [5, 5.41) is 9.12. The van der Waals surface area contributed by atoms with Gasteiger partial charge >= 0.3 is 5.97 Å². The van der Waals surface area contributed by atoms with E-state index in [0.717, 1.165) is 11.1 Å². The van der Waals surface area contributed by atoms with Crippen LogP contribution >= 0.6 is 0 Å². The van der Waals surface area contributed by atoms with Crippen LogP contribution in [0.1, 0.15) is 37.8 Å². The summed E-state index contributed by atoms with van der Waals surface area (Å²) in [5.41, 5.74) is 2.10. The molecule has 0 fully saturated rings. The molecule has 0 saturated carbocycles. The van der Waals surface area contributed by atoms with Crippen molar-refractivity contribution in [2.75, 3.05) is 0 Å². The Kier molecular flexibility index (Phi) is 5.74. The molecule has 0 spiro atoms. The number of Topliss-reactive ketones (excluding diaryl/α,β-unsaturated/α-hetero) is 1. The second kappa shape index (κ2) is 7.07. The van der Waals surface area contributed by atoms with Crippen LogP contribution in [0.5, 0.6) is 0 Å². The lowest BCUT2D eigenvalue weighted by molar-refractivity contribution is -0.144. The van der Waals surface area contributed by atoms with Gasteiger partial charge in [-0.2, -0.15) is 0 Å². The van der Waals surface area contributed by atoms with Gasteiger partial charge < -0.3 is 5.11 Å². The van der Waals surface area contributed by atoms with Gasteiger partial charge in [-0.1, -0.05) is 43.7 Å². The Morgan fingerprint density at radius 1 is 1.16 bits per heavy atom. The fourth-order valence-corrected chi connectivity index (χ4v) is 2.12. The van der Waals surface area contributed by atoms with E-state index >= 15 is 0 Å². The Morgan fingerprint density at radius 2 is 1.74 bits per heavy atom. The van der Waals surface area contributed by atoms with E-state index in [0.29, 0.717) is 12.8 Å². The van der Waals surface area contributed by atoms with Crippen molar-refractivity contribution in [3.63, 3.8) is 0 Å². The smallest absolute Gasteiger partial charge is 0.306 e. The number of ketones is 1. The third-order valence-electron chi connectivity index (χ3n) is 3.10. The van der Waals surface area contributed by atoms with E-state index < -0.39 is 11.9 Å². The number of carboxylic acid groups (broad SMARTS) is 1. The first-order chi connectivity index (χ1) is 8.88. The van der Waals surface area contributed by atoms with Crippen LogP contribution in [-0.2, 0) is 16.0 Å². The van der Waals surface area contributed by atoms with Gasteiger partial charge in [0.2, 0.25) is 0 Å². The Morgan fingerprint density at radius 3 is 2.21 bits per heavy atom. The molecule has 104 valence electrons. The fourth-order valence-electron chi connectivity index (χ4n) is 2.12. The highest BCUT2D eigenvalue weighted by Gasteiger charge is 2.22. The van der Waals surface area contributed by atoms with Crippen LogP contribution in [0.3, 0.4) is 0 Å². The molecule has 3 nitrogen and oxygen atoms in total. The summed E-state index contributed by atoms with van der Waals surface area (Å²) in [6, 6.07) is 7.77. The molecule has 0 radical (unpaired) electrons. The lowest BCUT2D eigenvalue weighted by Crippen LogP contribution is -2.20.